The first-order chi connectivity index (χ1) is 9.28. The van der Waals surface area contributed by atoms with Gasteiger partial charge in [-0.05, 0) is 12.1 Å². The summed E-state index contributed by atoms with van der Waals surface area (Å²) in [6.07, 6.45) is 0.784. The van der Waals surface area contributed by atoms with E-state index in [0.717, 1.165) is 19.5 Å². The first-order valence-corrected chi connectivity index (χ1v) is 6.64. The Bertz CT molecular complexity index is 566. The van der Waals surface area contributed by atoms with Crippen molar-refractivity contribution in [2.24, 2.45) is 0 Å². The molecule has 0 spiro atoms. The van der Waals surface area contributed by atoms with Crippen LogP contribution in [-0.2, 0) is 13.0 Å². The SMILES string of the molecule is CCc1nnc(CN2CCN(C)c3ccccc32)o1. The molecule has 19 heavy (non-hydrogen) atoms. The predicted molar refractivity (Wildman–Crippen MR) is 74.4 cm³/mol. The van der Waals surface area contributed by atoms with Crippen molar-refractivity contribution in [1.82, 2.24) is 10.2 Å². The summed E-state index contributed by atoms with van der Waals surface area (Å²) < 4.78 is 5.60. The van der Waals surface area contributed by atoms with Crippen LogP contribution in [0.4, 0.5) is 11.4 Å². The van der Waals surface area contributed by atoms with Crippen LogP contribution in [0.2, 0.25) is 0 Å². The molecular formula is C14H18N4O. The van der Waals surface area contributed by atoms with E-state index in [-0.39, 0.29) is 0 Å². The lowest BCUT2D eigenvalue weighted by atomic mass is 10.2. The van der Waals surface area contributed by atoms with Gasteiger partial charge in [-0.1, -0.05) is 19.1 Å². The highest BCUT2D eigenvalue weighted by molar-refractivity contribution is 5.72. The van der Waals surface area contributed by atoms with E-state index in [9.17, 15) is 0 Å². The first kappa shape index (κ1) is 12.0. The Morgan fingerprint density at radius 3 is 2.58 bits per heavy atom. The van der Waals surface area contributed by atoms with Crippen LogP contribution in [0.1, 0.15) is 18.7 Å². The summed E-state index contributed by atoms with van der Waals surface area (Å²) in [5, 5.41) is 8.12. The molecule has 0 N–H and O–H groups in total. The molecule has 0 amide bonds. The van der Waals surface area contributed by atoms with E-state index in [2.05, 4.69) is 51.3 Å². The third-order valence-electron chi connectivity index (χ3n) is 3.48. The van der Waals surface area contributed by atoms with Gasteiger partial charge in [-0.2, -0.15) is 0 Å². The maximum Gasteiger partial charge on any atom is 0.235 e. The van der Waals surface area contributed by atoms with E-state index in [4.69, 9.17) is 4.42 Å². The van der Waals surface area contributed by atoms with Gasteiger partial charge in [0.15, 0.2) is 0 Å². The largest absolute Gasteiger partial charge is 0.423 e. The number of likely N-dealkylation sites (N-methyl/N-ethyl adjacent to an activating group) is 1. The van der Waals surface area contributed by atoms with Crippen molar-refractivity contribution >= 4 is 11.4 Å². The highest BCUT2D eigenvalue weighted by Gasteiger charge is 2.21. The maximum absolute atomic E-state index is 5.60. The van der Waals surface area contributed by atoms with Crippen LogP contribution in [-0.4, -0.2) is 30.3 Å². The molecule has 100 valence electrons. The van der Waals surface area contributed by atoms with E-state index in [1.54, 1.807) is 0 Å². The first-order valence-electron chi connectivity index (χ1n) is 6.64. The fraction of sp³-hybridized carbons (Fsp3) is 0.429. The smallest absolute Gasteiger partial charge is 0.235 e. The lowest BCUT2D eigenvalue weighted by Crippen LogP contribution is -2.38. The molecule has 0 unspecified atom stereocenters. The molecule has 2 aromatic rings. The summed E-state index contributed by atoms with van der Waals surface area (Å²) in [5.41, 5.74) is 2.48. The second-order valence-corrected chi connectivity index (χ2v) is 4.77. The van der Waals surface area contributed by atoms with Crippen molar-refractivity contribution in [3.8, 4) is 0 Å². The van der Waals surface area contributed by atoms with Crippen molar-refractivity contribution < 1.29 is 4.42 Å². The number of hydrogen-bond acceptors (Lipinski definition) is 5. The molecule has 0 bridgehead atoms. The number of aryl methyl sites for hydroxylation is 1. The van der Waals surface area contributed by atoms with Crippen LogP contribution in [0, 0.1) is 0 Å². The van der Waals surface area contributed by atoms with Gasteiger partial charge in [-0.15, -0.1) is 10.2 Å². The van der Waals surface area contributed by atoms with Gasteiger partial charge >= 0.3 is 0 Å². The summed E-state index contributed by atoms with van der Waals surface area (Å²) in [6.45, 7) is 4.67. The lowest BCUT2D eigenvalue weighted by Gasteiger charge is -2.36. The molecule has 3 rings (SSSR count). The summed E-state index contributed by atoms with van der Waals surface area (Å²) in [6, 6.07) is 8.42. The van der Waals surface area contributed by atoms with Gasteiger partial charge in [0.1, 0.15) is 0 Å². The Morgan fingerprint density at radius 1 is 1.11 bits per heavy atom. The minimum absolute atomic E-state index is 0.678. The summed E-state index contributed by atoms with van der Waals surface area (Å²) in [7, 11) is 2.12. The van der Waals surface area contributed by atoms with E-state index in [0.29, 0.717) is 18.3 Å². The Hall–Kier alpha value is -2.04. The molecule has 5 nitrogen and oxygen atoms in total. The number of benzene rings is 1. The molecule has 0 saturated heterocycles. The second-order valence-electron chi connectivity index (χ2n) is 4.77. The van der Waals surface area contributed by atoms with Crippen LogP contribution < -0.4 is 9.80 Å². The fourth-order valence-electron chi connectivity index (χ4n) is 2.39. The van der Waals surface area contributed by atoms with Crippen molar-refractivity contribution in [2.75, 3.05) is 29.9 Å². The Kier molecular flexibility index (Phi) is 3.11. The van der Waals surface area contributed by atoms with Crippen LogP contribution >= 0.6 is 0 Å². The molecule has 1 aromatic heterocycles. The zero-order valence-corrected chi connectivity index (χ0v) is 11.3. The molecule has 0 atom stereocenters. The molecule has 0 fully saturated rings. The molecule has 5 heteroatoms. The molecule has 0 radical (unpaired) electrons. The van der Waals surface area contributed by atoms with Crippen LogP contribution in [0.25, 0.3) is 0 Å². The second kappa shape index (κ2) is 4.91. The standard InChI is InChI=1S/C14H18N4O/c1-3-13-15-16-14(19-13)10-18-9-8-17(2)11-6-4-5-7-12(11)18/h4-7H,3,8-10H2,1-2H3. The van der Waals surface area contributed by atoms with Crippen LogP contribution in [0.5, 0.6) is 0 Å². The van der Waals surface area contributed by atoms with Crippen molar-refractivity contribution in [3.63, 3.8) is 0 Å². The van der Waals surface area contributed by atoms with E-state index < -0.39 is 0 Å². The van der Waals surface area contributed by atoms with Gasteiger partial charge in [-0.3, -0.25) is 0 Å². The summed E-state index contributed by atoms with van der Waals surface area (Å²) in [5.74, 6) is 1.40. The summed E-state index contributed by atoms with van der Waals surface area (Å²) in [4.78, 5) is 4.57. The number of hydrogen-bond donors (Lipinski definition) is 0. The van der Waals surface area contributed by atoms with E-state index in [1.165, 1.54) is 11.4 Å². The number of para-hydroxylation sites is 2. The Labute approximate surface area is 112 Å². The topological polar surface area (TPSA) is 45.4 Å². The Morgan fingerprint density at radius 2 is 1.84 bits per heavy atom. The molecule has 1 aromatic carbocycles. The molecule has 0 aliphatic carbocycles. The molecular weight excluding hydrogens is 240 g/mol. The van der Waals surface area contributed by atoms with Crippen LogP contribution in [0.3, 0.4) is 0 Å². The Balaban J connectivity index is 1.84. The zero-order valence-electron chi connectivity index (χ0n) is 11.3. The van der Waals surface area contributed by atoms with Crippen molar-refractivity contribution in [3.05, 3.63) is 36.0 Å². The van der Waals surface area contributed by atoms with E-state index in [1.807, 2.05) is 6.92 Å². The monoisotopic (exact) mass is 258 g/mol. The van der Waals surface area contributed by atoms with Gasteiger partial charge in [-0.25, -0.2) is 0 Å². The van der Waals surface area contributed by atoms with Crippen molar-refractivity contribution in [2.45, 2.75) is 19.9 Å². The minimum Gasteiger partial charge on any atom is -0.423 e. The summed E-state index contributed by atoms with van der Waals surface area (Å²) >= 11 is 0. The number of nitrogens with zero attached hydrogens (tertiary/aromatic N) is 4. The van der Waals surface area contributed by atoms with Gasteiger partial charge in [0.2, 0.25) is 11.8 Å². The van der Waals surface area contributed by atoms with Gasteiger partial charge in [0.25, 0.3) is 0 Å². The average molecular weight is 258 g/mol. The van der Waals surface area contributed by atoms with Gasteiger partial charge < -0.3 is 14.2 Å². The number of fused-ring (bicyclic) bond motifs is 1. The molecule has 1 aliphatic rings. The molecule has 1 aliphatic heterocycles. The number of rotatable bonds is 3. The normalized spacial score (nSPS) is 14.6. The molecule has 2 heterocycles. The highest BCUT2D eigenvalue weighted by Crippen LogP contribution is 2.32. The van der Waals surface area contributed by atoms with Gasteiger partial charge in [0.05, 0.1) is 17.9 Å². The minimum atomic E-state index is 0.678. The van der Waals surface area contributed by atoms with Crippen molar-refractivity contribution in [1.29, 1.82) is 0 Å². The average Bonchev–Trinajstić information content (AvgIpc) is 2.90. The maximum atomic E-state index is 5.60. The zero-order chi connectivity index (χ0) is 13.2. The number of aromatic nitrogens is 2. The third-order valence-corrected chi connectivity index (χ3v) is 3.48. The third kappa shape index (κ3) is 2.28. The molecule has 0 saturated carbocycles. The van der Waals surface area contributed by atoms with Gasteiger partial charge in [0, 0.05) is 26.6 Å². The number of anilines is 2. The van der Waals surface area contributed by atoms with E-state index >= 15 is 0 Å². The fourth-order valence-corrected chi connectivity index (χ4v) is 2.39. The highest BCUT2D eigenvalue weighted by atomic mass is 16.4. The van der Waals surface area contributed by atoms with Crippen LogP contribution in [0.15, 0.2) is 28.7 Å². The lowest BCUT2D eigenvalue weighted by molar-refractivity contribution is 0.448. The predicted octanol–water partition coefficient (Wildman–Crippen LogP) is 2.09. The quantitative estimate of drug-likeness (QED) is 0.843.